The van der Waals surface area contributed by atoms with E-state index in [2.05, 4.69) is 36.2 Å². The molecule has 0 amide bonds. The summed E-state index contributed by atoms with van der Waals surface area (Å²) in [5.41, 5.74) is 0. The smallest absolute Gasteiger partial charge is 0.0516 e. The molecule has 6 atom stereocenters. The van der Waals surface area contributed by atoms with Gasteiger partial charge in [-0.25, -0.2) is 0 Å². The number of likely N-dealkylation sites (tertiary alicyclic amines) is 1. The molecule has 4 rings (SSSR count). The number of piperidine rings is 1. The van der Waals surface area contributed by atoms with Gasteiger partial charge in [0.2, 0.25) is 0 Å². The molecule has 1 saturated carbocycles. The Balaban J connectivity index is 1.19. The van der Waals surface area contributed by atoms with E-state index in [1.165, 1.54) is 77.5 Å². The first-order chi connectivity index (χ1) is 15.1. The standard InChI is InChI=1S/C27H47ClN2O/c1-20(2)27(29-17-21-4-3-5-24(16-21)25-12-15-31-19-25)18-30-13-10-23(11-14-30)22-6-8-26(28)9-7-22/h6,8,20-27,29H,3-5,7,9-19H2,1-2H3/t21?,22?,24?,25?,26?,27-/m0/s1. The molecule has 3 nitrogen and oxygen atoms in total. The monoisotopic (exact) mass is 450 g/mol. The highest BCUT2D eigenvalue weighted by atomic mass is 35.5. The predicted octanol–water partition coefficient (Wildman–Crippen LogP) is 5.73. The Labute approximate surface area is 196 Å². The highest BCUT2D eigenvalue weighted by Gasteiger charge is 2.32. The van der Waals surface area contributed by atoms with Crippen molar-refractivity contribution in [3.63, 3.8) is 0 Å². The number of rotatable bonds is 8. The van der Waals surface area contributed by atoms with Crippen molar-refractivity contribution in [2.45, 2.75) is 83.1 Å². The summed E-state index contributed by atoms with van der Waals surface area (Å²) >= 11 is 6.25. The summed E-state index contributed by atoms with van der Waals surface area (Å²) in [5.74, 6) is 4.99. The number of nitrogens with one attached hydrogen (secondary N) is 1. The largest absolute Gasteiger partial charge is 0.381 e. The number of nitrogens with zero attached hydrogens (tertiary/aromatic N) is 1. The second-order valence-corrected chi connectivity index (χ2v) is 12.0. The molecule has 2 saturated heterocycles. The van der Waals surface area contributed by atoms with Crippen molar-refractivity contribution in [1.29, 1.82) is 0 Å². The Hall–Kier alpha value is -0.0900. The van der Waals surface area contributed by atoms with Crippen LogP contribution in [0, 0.1) is 35.5 Å². The van der Waals surface area contributed by atoms with Crippen LogP contribution in [-0.4, -0.2) is 55.7 Å². The van der Waals surface area contributed by atoms with E-state index in [4.69, 9.17) is 16.3 Å². The third kappa shape index (κ3) is 6.95. The van der Waals surface area contributed by atoms with Crippen LogP contribution in [0.5, 0.6) is 0 Å². The van der Waals surface area contributed by atoms with Crippen molar-refractivity contribution in [2.75, 3.05) is 39.4 Å². The topological polar surface area (TPSA) is 24.5 Å². The molecule has 31 heavy (non-hydrogen) atoms. The average Bonchev–Trinajstić information content (AvgIpc) is 3.33. The number of hydrogen-bond acceptors (Lipinski definition) is 3. The molecule has 2 aliphatic heterocycles. The van der Waals surface area contributed by atoms with Crippen molar-refractivity contribution in [2.24, 2.45) is 35.5 Å². The molecule has 178 valence electrons. The first-order valence-electron chi connectivity index (χ1n) is 13.4. The molecule has 5 unspecified atom stereocenters. The summed E-state index contributed by atoms with van der Waals surface area (Å²) in [7, 11) is 0. The minimum Gasteiger partial charge on any atom is -0.381 e. The van der Waals surface area contributed by atoms with Crippen molar-refractivity contribution in [3.8, 4) is 0 Å². The second-order valence-electron chi connectivity index (χ2n) is 11.5. The van der Waals surface area contributed by atoms with E-state index < -0.39 is 0 Å². The molecule has 0 spiro atoms. The predicted molar refractivity (Wildman–Crippen MR) is 132 cm³/mol. The zero-order valence-corrected chi connectivity index (χ0v) is 20.9. The Morgan fingerprint density at radius 1 is 0.968 bits per heavy atom. The van der Waals surface area contributed by atoms with Gasteiger partial charge in [-0.3, -0.25) is 0 Å². The molecule has 0 aromatic carbocycles. The van der Waals surface area contributed by atoms with Crippen LogP contribution in [0.1, 0.15) is 71.6 Å². The Morgan fingerprint density at radius 3 is 2.48 bits per heavy atom. The van der Waals surface area contributed by atoms with Gasteiger partial charge in [-0.15, -0.1) is 11.6 Å². The van der Waals surface area contributed by atoms with Crippen molar-refractivity contribution < 1.29 is 4.74 Å². The van der Waals surface area contributed by atoms with Gasteiger partial charge in [0.25, 0.3) is 0 Å². The number of alkyl halides is 1. The van der Waals surface area contributed by atoms with Gasteiger partial charge in [-0.2, -0.15) is 0 Å². The molecule has 0 radical (unpaired) electrons. The van der Waals surface area contributed by atoms with Crippen molar-refractivity contribution in [1.82, 2.24) is 10.2 Å². The zero-order chi connectivity index (χ0) is 21.6. The molecule has 0 bridgehead atoms. The van der Waals surface area contributed by atoms with Crippen LogP contribution in [0.4, 0.5) is 0 Å². The molecule has 4 aliphatic rings. The minimum atomic E-state index is 0.278. The molecular formula is C27H47ClN2O. The van der Waals surface area contributed by atoms with Crippen LogP contribution in [0.25, 0.3) is 0 Å². The summed E-state index contributed by atoms with van der Waals surface area (Å²) in [6.07, 6.45) is 16.9. The summed E-state index contributed by atoms with van der Waals surface area (Å²) in [5, 5.41) is 4.31. The highest BCUT2D eigenvalue weighted by Crippen LogP contribution is 2.37. The van der Waals surface area contributed by atoms with Gasteiger partial charge < -0.3 is 15.0 Å². The Bertz CT molecular complexity index is 553. The lowest BCUT2D eigenvalue weighted by molar-refractivity contribution is 0.126. The minimum absolute atomic E-state index is 0.278. The maximum atomic E-state index is 6.25. The first kappa shape index (κ1) is 24.0. The van der Waals surface area contributed by atoms with Crippen LogP contribution in [0.2, 0.25) is 0 Å². The molecule has 0 aromatic rings. The van der Waals surface area contributed by atoms with E-state index in [1.54, 1.807) is 0 Å². The molecule has 4 heteroatoms. The second kappa shape index (κ2) is 11.9. The van der Waals surface area contributed by atoms with Crippen LogP contribution in [0.3, 0.4) is 0 Å². The first-order valence-corrected chi connectivity index (χ1v) is 13.9. The summed E-state index contributed by atoms with van der Waals surface area (Å²) < 4.78 is 5.68. The van der Waals surface area contributed by atoms with Crippen molar-refractivity contribution in [3.05, 3.63) is 12.2 Å². The van der Waals surface area contributed by atoms with E-state index in [9.17, 15) is 0 Å². The SMILES string of the molecule is CC(C)[C@H](CN1CCC(C2C=CC(Cl)CC2)CC1)NCC1CCCC(C2CCOC2)C1. The average molecular weight is 451 g/mol. The summed E-state index contributed by atoms with van der Waals surface area (Å²) in [4.78, 5) is 2.74. The summed E-state index contributed by atoms with van der Waals surface area (Å²) in [6, 6.07) is 0.623. The lowest BCUT2D eigenvalue weighted by Gasteiger charge is -2.39. The van der Waals surface area contributed by atoms with Crippen molar-refractivity contribution >= 4 is 11.6 Å². The van der Waals surface area contributed by atoms with E-state index in [0.29, 0.717) is 12.0 Å². The third-order valence-corrected chi connectivity index (χ3v) is 9.33. The zero-order valence-electron chi connectivity index (χ0n) is 20.1. The third-order valence-electron chi connectivity index (χ3n) is 8.96. The van der Waals surface area contributed by atoms with Gasteiger partial charge in [0.1, 0.15) is 0 Å². The van der Waals surface area contributed by atoms with Gasteiger partial charge in [0.15, 0.2) is 0 Å². The van der Waals surface area contributed by atoms with Crippen LogP contribution < -0.4 is 5.32 Å². The lowest BCUT2D eigenvalue weighted by atomic mass is 9.74. The molecule has 3 fully saturated rings. The maximum absolute atomic E-state index is 6.25. The van der Waals surface area contributed by atoms with Gasteiger partial charge in [0.05, 0.1) is 5.38 Å². The molecule has 2 aliphatic carbocycles. The van der Waals surface area contributed by atoms with E-state index in [0.717, 1.165) is 49.2 Å². The van der Waals surface area contributed by atoms with Gasteiger partial charge in [-0.05, 0) is 100 Å². The highest BCUT2D eigenvalue weighted by molar-refractivity contribution is 6.21. The molecule has 0 aromatic heterocycles. The van der Waals surface area contributed by atoms with E-state index in [-0.39, 0.29) is 5.38 Å². The quantitative estimate of drug-likeness (QED) is 0.377. The normalized spacial score (nSPS) is 36.8. The fraction of sp³-hybridized carbons (Fsp3) is 0.926. The number of halogens is 1. The maximum Gasteiger partial charge on any atom is 0.0516 e. The van der Waals surface area contributed by atoms with E-state index in [1.807, 2.05) is 0 Å². The number of allylic oxidation sites excluding steroid dienone is 2. The van der Waals surface area contributed by atoms with Gasteiger partial charge in [-0.1, -0.05) is 38.8 Å². The van der Waals surface area contributed by atoms with Gasteiger partial charge in [0, 0.05) is 25.8 Å². The lowest BCUT2D eigenvalue weighted by Crippen LogP contribution is -2.48. The summed E-state index contributed by atoms with van der Waals surface area (Å²) in [6.45, 7) is 11.8. The van der Waals surface area contributed by atoms with Crippen LogP contribution >= 0.6 is 11.6 Å². The Morgan fingerprint density at radius 2 is 1.81 bits per heavy atom. The van der Waals surface area contributed by atoms with Gasteiger partial charge >= 0.3 is 0 Å². The molecule has 1 N–H and O–H groups in total. The Kier molecular flexibility index (Phi) is 9.20. The van der Waals surface area contributed by atoms with E-state index >= 15 is 0 Å². The fourth-order valence-corrected chi connectivity index (χ4v) is 6.95. The number of ether oxygens (including phenoxy) is 1. The fourth-order valence-electron chi connectivity index (χ4n) is 6.74. The molecule has 2 heterocycles. The molecular weight excluding hydrogens is 404 g/mol. The van der Waals surface area contributed by atoms with Crippen LogP contribution in [0.15, 0.2) is 12.2 Å². The van der Waals surface area contributed by atoms with Crippen LogP contribution in [-0.2, 0) is 4.74 Å². The number of hydrogen-bond donors (Lipinski definition) is 1.